The molecular formula is C23H28F2N4OS. The fourth-order valence-corrected chi connectivity index (χ4v) is 4.89. The first-order valence-corrected chi connectivity index (χ1v) is 11.8. The summed E-state index contributed by atoms with van der Waals surface area (Å²) in [5.41, 5.74) is 3.37. The summed E-state index contributed by atoms with van der Waals surface area (Å²) < 4.78 is 26.8. The molecule has 1 amide bonds. The first-order valence-electron chi connectivity index (χ1n) is 10.9. The summed E-state index contributed by atoms with van der Waals surface area (Å²) in [5.74, 6) is -1.35. The highest BCUT2D eigenvalue weighted by atomic mass is 32.2. The zero-order valence-electron chi connectivity index (χ0n) is 17.7. The first kappa shape index (κ1) is 22.1. The molecule has 0 aromatic carbocycles. The third-order valence-electron chi connectivity index (χ3n) is 5.98. The quantitative estimate of drug-likeness (QED) is 0.627. The van der Waals surface area contributed by atoms with Crippen LogP contribution in [0.3, 0.4) is 0 Å². The summed E-state index contributed by atoms with van der Waals surface area (Å²) in [6.45, 7) is 4.71. The average Bonchev–Trinajstić information content (AvgIpc) is 3.16. The fourth-order valence-electron chi connectivity index (χ4n) is 4.27. The third-order valence-corrected chi connectivity index (χ3v) is 6.84. The van der Waals surface area contributed by atoms with Crippen LogP contribution in [0.2, 0.25) is 0 Å². The van der Waals surface area contributed by atoms with Gasteiger partial charge in [0.1, 0.15) is 0 Å². The van der Waals surface area contributed by atoms with Gasteiger partial charge in [-0.2, -0.15) is 0 Å². The van der Waals surface area contributed by atoms with Gasteiger partial charge in [0, 0.05) is 49.8 Å². The number of pyridine rings is 2. The predicted molar refractivity (Wildman–Crippen MR) is 117 cm³/mol. The summed E-state index contributed by atoms with van der Waals surface area (Å²) >= 11 is 1.73. The Balaban J connectivity index is 1.29. The number of nitrogens with zero attached hydrogens (tertiary/aromatic N) is 3. The highest BCUT2D eigenvalue weighted by Gasteiger charge is 2.36. The largest absolute Gasteiger partial charge is 0.346 e. The minimum Gasteiger partial charge on any atom is -0.346 e. The van der Waals surface area contributed by atoms with Crippen LogP contribution >= 0.6 is 11.8 Å². The molecule has 4 rings (SSSR count). The van der Waals surface area contributed by atoms with E-state index in [9.17, 15) is 13.6 Å². The lowest BCUT2D eigenvalue weighted by atomic mass is 9.86. The predicted octanol–water partition coefficient (Wildman–Crippen LogP) is 4.66. The van der Waals surface area contributed by atoms with E-state index in [2.05, 4.69) is 27.1 Å². The van der Waals surface area contributed by atoms with E-state index < -0.39 is 5.92 Å². The Morgan fingerprint density at radius 3 is 2.74 bits per heavy atom. The number of amides is 1. The van der Waals surface area contributed by atoms with Crippen molar-refractivity contribution < 1.29 is 13.6 Å². The van der Waals surface area contributed by atoms with Crippen LogP contribution in [-0.2, 0) is 19.6 Å². The topological polar surface area (TPSA) is 58.1 Å². The number of carbonyl (C=O) groups excluding carboxylic acids is 1. The molecule has 0 saturated heterocycles. The van der Waals surface area contributed by atoms with Crippen LogP contribution in [0.4, 0.5) is 8.78 Å². The Morgan fingerprint density at radius 1 is 1.23 bits per heavy atom. The van der Waals surface area contributed by atoms with Crippen molar-refractivity contribution in [3.8, 4) is 0 Å². The molecule has 0 bridgehead atoms. The SMILES string of the molecule is CCSc1ccc(CNC(=O)c2cnc3c(c2)CN(CC2CCC(F)(F)CC2)C3)nc1. The number of hydrogen-bond donors (Lipinski definition) is 1. The molecule has 0 unspecified atom stereocenters. The van der Waals surface area contributed by atoms with Crippen molar-refractivity contribution in [2.75, 3.05) is 12.3 Å². The van der Waals surface area contributed by atoms with Gasteiger partial charge in [0.05, 0.1) is 23.5 Å². The zero-order chi connectivity index (χ0) is 21.8. The number of alkyl halides is 2. The fraction of sp³-hybridized carbons (Fsp3) is 0.522. The molecular weight excluding hydrogens is 418 g/mol. The van der Waals surface area contributed by atoms with Crippen molar-refractivity contribution in [1.82, 2.24) is 20.2 Å². The number of fused-ring (bicyclic) bond motifs is 1. The number of halogens is 2. The van der Waals surface area contributed by atoms with E-state index in [4.69, 9.17) is 0 Å². The van der Waals surface area contributed by atoms with Crippen LogP contribution in [0.5, 0.6) is 0 Å². The molecule has 0 atom stereocenters. The molecule has 1 N–H and O–H groups in total. The molecule has 2 aromatic rings. The van der Waals surface area contributed by atoms with Crippen LogP contribution in [0.1, 0.15) is 59.9 Å². The van der Waals surface area contributed by atoms with Gasteiger partial charge in [-0.25, -0.2) is 8.78 Å². The molecule has 1 aliphatic carbocycles. The first-order chi connectivity index (χ1) is 14.9. The summed E-state index contributed by atoms with van der Waals surface area (Å²) in [4.78, 5) is 24.8. The van der Waals surface area contributed by atoms with Crippen molar-refractivity contribution in [2.45, 2.75) is 63.1 Å². The van der Waals surface area contributed by atoms with Gasteiger partial charge in [0.15, 0.2) is 0 Å². The van der Waals surface area contributed by atoms with Gasteiger partial charge >= 0.3 is 0 Å². The molecule has 166 valence electrons. The molecule has 2 aliphatic rings. The number of nitrogens with one attached hydrogen (secondary N) is 1. The van der Waals surface area contributed by atoms with Crippen molar-refractivity contribution in [2.24, 2.45) is 5.92 Å². The molecule has 3 heterocycles. The number of carbonyl (C=O) groups is 1. The highest BCUT2D eigenvalue weighted by Crippen LogP contribution is 2.37. The van der Waals surface area contributed by atoms with E-state index in [0.29, 0.717) is 37.4 Å². The van der Waals surface area contributed by atoms with Gasteiger partial charge in [-0.1, -0.05) is 6.92 Å². The van der Waals surface area contributed by atoms with E-state index in [-0.39, 0.29) is 18.7 Å². The normalized spacial score (nSPS) is 18.7. The minimum absolute atomic E-state index is 0.00392. The smallest absolute Gasteiger partial charge is 0.253 e. The lowest BCUT2D eigenvalue weighted by Gasteiger charge is -2.30. The second kappa shape index (κ2) is 9.61. The standard InChI is InChI=1S/C23H28F2N4OS/c1-2-31-20-4-3-19(26-12-20)11-28-22(30)17-9-18-14-29(15-21(18)27-10-17)13-16-5-7-23(24,25)8-6-16/h3-4,9-10,12,16H,2,5-8,11,13-15H2,1H3,(H,28,30). The van der Waals surface area contributed by atoms with Gasteiger partial charge in [0.25, 0.3) is 5.91 Å². The molecule has 0 spiro atoms. The maximum atomic E-state index is 13.4. The van der Waals surface area contributed by atoms with Gasteiger partial charge in [-0.05, 0) is 48.3 Å². The molecule has 1 saturated carbocycles. The molecule has 5 nitrogen and oxygen atoms in total. The van der Waals surface area contributed by atoms with Crippen molar-refractivity contribution >= 4 is 17.7 Å². The maximum Gasteiger partial charge on any atom is 0.253 e. The number of thioether (sulfide) groups is 1. The lowest BCUT2D eigenvalue weighted by molar-refractivity contribution is -0.0490. The number of rotatable bonds is 7. The van der Waals surface area contributed by atoms with Crippen LogP contribution in [-0.4, -0.2) is 39.0 Å². The van der Waals surface area contributed by atoms with Gasteiger partial charge in [0.2, 0.25) is 5.92 Å². The van der Waals surface area contributed by atoms with Crippen LogP contribution < -0.4 is 5.32 Å². The minimum atomic E-state index is -2.49. The molecule has 31 heavy (non-hydrogen) atoms. The van der Waals surface area contributed by atoms with Crippen LogP contribution in [0.25, 0.3) is 0 Å². The Bertz CT molecular complexity index is 912. The Labute approximate surface area is 186 Å². The zero-order valence-corrected chi connectivity index (χ0v) is 18.6. The van der Waals surface area contributed by atoms with Crippen molar-refractivity contribution in [3.63, 3.8) is 0 Å². The lowest BCUT2D eigenvalue weighted by Crippen LogP contribution is -2.31. The second-order valence-electron chi connectivity index (χ2n) is 8.40. The highest BCUT2D eigenvalue weighted by molar-refractivity contribution is 7.99. The van der Waals surface area contributed by atoms with E-state index in [1.165, 1.54) is 0 Å². The van der Waals surface area contributed by atoms with Crippen LogP contribution in [0, 0.1) is 5.92 Å². The molecule has 1 aliphatic heterocycles. The van der Waals surface area contributed by atoms with E-state index >= 15 is 0 Å². The van der Waals surface area contributed by atoms with E-state index in [0.717, 1.165) is 40.7 Å². The van der Waals surface area contributed by atoms with E-state index in [1.807, 2.05) is 24.4 Å². The summed E-state index contributed by atoms with van der Waals surface area (Å²) in [7, 11) is 0. The Hall–Kier alpha value is -2.06. The summed E-state index contributed by atoms with van der Waals surface area (Å²) in [6, 6.07) is 5.85. The maximum absolute atomic E-state index is 13.4. The number of hydrogen-bond acceptors (Lipinski definition) is 5. The monoisotopic (exact) mass is 446 g/mol. The second-order valence-corrected chi connectivity index (χ2v) is 9.74. The Morgan fingerprint density at radius 2 is 2.03 bits per heavy atom. The van der Waals surface area contributed by atoms with Crippen molar-refractivity contribution in [1.29, 1.82) is 0 Å². The van der Waals surface area contributed by atoms with Gasteiger partial charge in [-0.3, -0.25) is 19.7 Å². The van der Waals surface area contributed by atoms with E-state index in [1.54, 1.807) is 18.0 Å². The van der Waals surface area contributed by atoms with Crippen molar-refractivity contribution in [3.05, 3.63) is 53.1 Å². The molecule has 8 heteroatoms. The molecule has 0 radical (unpaired) electrons. The van der Waals surface area contributed by atoms with Gasteiger partial charge < -0.3 is 5.32 Å². The van der Waals surface area contributed by atoms with Gasteiger partial charge in [-0.15, -0.1) is 11.8 Å². The third kappa shape index (κ3) is 5.80. The molecule has 2 aromatic heterocycles. The Kier molecular flexibility index (Phi) is 6.86. The summed E-state index contributed by atoms with van der Waals surface area (Å²) in [6.07, 6.45) is 4.59. The summed E-state index contributed by atoms with van der Waals surface area (Å²) in [5, 5.41) is 2.91. The van der Waals surface area contributed by atoms with Crippen LogP contribution in [0.15, 0.2) is 35.5 Å². The molecule has 1 fully saturated rings. The average molecular weight is 447 g/mol. The number of aromatic nitrogens is 2.